The molecular weight excluding hydrogens is 110 g/mol. The van der Waals surface area contributed by atoms with Crippen LogP contribution in [0.4, 0.5) is 0 Å². The first-order valence-corrected chi connectivity index (χ1v) is 2.36. The first-order chi connectivity index (χ1) is 2.81. The molecule has 1 nitrogen and oxygen atoms in total. The topological polar surface area (TPSA) is 3.01 Å². The molecule has 2 heteroatoms. The number of rotatable bonds is 2. The highest BCUT2D eigenvalue weighted by Crippen LogP contribution is 1.64. The first-order valence-electron chi connectivity index (χ1n) is 2.36. The summed E-state index contributed by atoms with van der Waals surface area (Å²) < 4.78 is 2.00. The van der Waals surface area contributed by atoms with Crippen molar-refractivity contribution >= 4 is 6.72 Å². The van der Waals surface area contributed by atoms with Crippen LogP contribution in [0.25, 0.3) is 0 Å². The molecule has 0 spiro atoms. The second kappa shape index (κ2) is 5.96. The van der Waals surface area contributed by atoms with E-state index in [0.29, 0.717) is 0 Å². The van der Waals surface area contributed by atoms with Crippen molar-refractivity contribution < 1.29 is 17.0 Å². The van der Waals surface area contributed by atoms with Crippen LogP contribution in [0, 0.1) is 0 Å². The molecule has 0 amide bonds. The van der Waals surface area contributed by atoms with Crippen molar-refractivity contribution in [1.29, 1.82) is 0 Å². The molecule has 0 aliphatic carbocycles. The average Bonchev–Trinajstić information content (AvgIpc) is 1.65. The van der Waals surface area contributed by atoms with Crippen molar-refractivity contribution in [2.24, 2.45) is 0 Å². The van der Waals surface area contributed by atoms with Crippen molar-refractivity contribution in [1.82, 2.24) is 0 Å². The Morgan fingerprint density at radius 2 is 1.57 bits per heavy atom. The number of nitrogens with zero attached hydrogens (tertiary/aromatic N) is 1. The normalized spacial score (nSPS) is 7.14. The lowest BCUT2D eigenvalue weighted by molar-refractivity contribution is -0.511. The molecule has 0 aliphatic heterocycles. The lowest BCUT2D eigenvalue weighted by Gasteiger charge is -1.86. The predicted molar refractivity (Wildman–Crippen MR) is 28.5 cm³/mol. The lowest BCUT2D eigenvalue weighted by atomic mass is 10.6. The van der Waals surface area contributed by atoms with Gasteiger partial charge in [0.2, 0.25) is 0 Å². The minimum atomic E-state index is 0. The molecule has 0 bridgehead atoms. The van der Waals surface area contributed by atoms with Gasteiger partial charge in [0.25, 0.3) is 0 Å². The van der Waals surface area contributed by atoms with E-state index in [4.69, 9.17) is 0 Å². The van der Waals surface area contributed by atoms with Crippen molar-refractivity contribution in [2.45, 2.75) is 13.8 Å². The summed E-state index contributed by atoms with van der Waals surface area (Å²) in [6, 6.07) is 0. The molecule has 44 valence electrons. The van der Waals surface area contributed by atoms with E-state index in [0.717, 1.165) is 13.1 Å². The Labute approximate surface area is 51.5 Å². The van der Waals surface area contributed by atoms with Gasteiger partial charge in [0, 0.05) is 0 Å². The molecular formula is C5H12ClN. The van der Waals surface area contributed by atoms with Crippen LogP contribution in [-0.4, -0.2) is 24.4 Å². The SMILES string of the molecule is C=[N+](CC)CC.[Cl-]. The van der Waals surface area contributed by atoms with Crippen LogP contribution in [0.1, 0.15) is 13.8 Å². The van der Waals surface area contributed by atoms with Crippen LogP contribution in [-0.2, 0) is 0 Å². The summed E-state index contributed by atoms with van der Waals surface area (Å²) in [5.41, 5.74) is 0. The quantitative estimate of drug-likeness (QED) is 0.287. The lowest BCUT2D eigenvalue weighted by Crippen LogP contribution is -3.00. The molecule has 0 atom stereocenters. The summed E-state index contributed by atoms with van der Waals surface area (Å²) in [6.45, 7) is 10.0. The van der Waals surface area contributed by atoms with E-state index < -0.39 is 0 Å². The molecule has 7 heavy (non-hydrogen) atoms. The molecule has 0 N–H and O–H groups in total. The fourth-order valence-corrected chi connectivity index (χ4v) is 0.224. The molecule has 0 unspecified atom stereocenters. The maximum atomic E-state index is 3.71. The fraction of sp³-hybridized carbons (Fsp3) is 0.800. The molecule has 0 aromatic rings. The summed E-state index contributed by atoms with van der Waals surface area (Å²) in [5, 5.41) is 0. The minimum absolute atomic E-state index is 0. The van der Waals surface area contributed by atoms with Crippen LogP contribution < -0.4 is 12.4 Å². The molecule has 0 heterocycles. The number of halogens is 1. The predicted octanol–water partition coefficient (Wildman–Crippen LogP) is -2.26. The van der Waals surface area contributed by atoms with E-state index in [-0.39, 0.29) is 12.4 Å². The Morgan fingerprint density at radius 1 is 1.29 bits per heavy atom. The van der Waals surface area contributed by atoms with Crippen molar-refractivity contribution in [3.8, 4) is 0 Å². The molecule has 0 aromatic heterocycles. The second-order valence-corrected chi connectivity index (χ2v) is 1.30. The standard InChI is InChI=1S/C5H12N.ClH/c1-4-6(3)5-2;/h3-5H2,1-2H3;1H/q+1;/p-1. The maximum absolute atomic E-state index is 3.71. The van der Waals surface area contributed by atoms with Crippen LogP contribution in [0.15, 0.2) is 0 Å². The number of hydrogen-bond donors (Lipinski definition) is 0. The Hall–Kier alpha value is -0.0400. The highest BCUT2D eigenvalue weighted by molar-refractivity contribution is 5.14. The third-order valence-electron chi connectivity index (χ3n) is 0.894. The minimum Gasteiger partial charge on any atom is -1.00 e. The van der Waals surface area contributed by atoms with E-state index in [1.807, 2.05) is 4.58 Å². The molecule has 0 fully saturated rings. The molecule has 0 aliphatic rings. The Bertz CT molecular complexity index is 46.0. The van der Waals surface area contributed by atoms with Gasteiger partial charge in [-0.25, -0.2) is 4.58 Å². The zero-order chi connectivity index (χ0) is 4.99. The van der Waals surface area contributed by atoms with Crippen molar-refractivity contribution in [3.63, 3.8) is 0 Å². The summed E-state index contributed by atoms with van der Waals surface area (Å²) >= 11 is 0. The van der Waals surface area contributed by atoms with Gasteiger partial charge in [0.1, 0.15) is 19.8 Å². The summed E-state index contributed by atoms with van der Waals surface area (Å²) in [7, 11) is 0. The van der Waals surface area contributed by atoms with Gasteiger partial charge in [0.15, 0.2) is 0 Å². The van der Waals surface area contributed by atoms with Gasteiger partial charge >= 0.3 is 0 Å². The highest BCUT2D eigenvalue weighted by Gasteiger charge is 1.82. The first kappa shape index (κ1) is 10.0. The van der Waals surface area contributed by atoms with E-state index in [1.54, 1.807) is 0 Å². The van der Waals surface area contributed by atoms with E-state index in [1.165, 1.54) is 0 Å². The van der Waals surface area contributed by atoms with E-state index in [9.17, 15) is 0 Å². The molecule has 0 rings (SSSR count). The Balaban J connectivity index is 0. The van der Waals surface area contributed by atoms with Gasteiger partial charge in [-0.15, -0.1) is 0 Å². The van der Waals surface area contributed by atoms with Crippen molar-refractivity contribution in [2.75, 3.05) is 13.1 Å². The largest absolute Gasteiger partial charge is 1.00 e. The maximum Gasteiger partial charge on any atom is 0.139 e. The van der Waals surface area contributed by atoms with Gasteiger partial charge in [-0.2, -0.15) is 0 Å². The van der Waals surface area contributed by atoms with Crippen molar-refractivity contribution in [3.05, 3.63) is 0 Å². The van der Waals surface area contributed by atoms with Gasteiger partial charge in [-0.3, -0.25) is 0 Å². The zero-order valence-electron chi connectivity index (χ0n) is 4.95. The van der Waals surface area contributed by atoms with Gasteiger partial charge in [0.05, 0.1) is 0 Å². The molecule has 0 radical (unpaired) electrons. The summed E-state index contributed by atoms with van der Waals surface area (Å²) in [4.78, 5) is 0. The van der Waals surface area contributed by atoms with Gasteiger partial charge in [-0.1, -0.05) is 0 Å². The summed E-state index contributed by atoms with van der Waals surface area (Å²) in [5.74, 6) is 0. The van der Waals surface area contributed by atoms with Crippen LogP contribution in [0.5, 0.6) is 0 Å². The van der Waals surface area contributed by atoms with Gasteiger partial charge in [-0.05, 0) is 13.8 Å². The molecule has 0 aromatic carbocycles. The van der Waals surface area contributed by atoms with Crippen LogP contribution in [0.2, 0.25) is 0 Å². The van der Waals surface area contributed by atoms with E-state index >= 15 is 0 Å². The van der Waals surface area contributed by atoms with E-state index in [2.05, 4.69) is 20.6 Å². The average molecular weight is 122 g/mol. The van der Waals surface area contributed by atoms with Crippen LogP contribution in [0.3, 0.4) is 0 Å². The van der Waals surface area contributed by atoms with Crippen LogP contribution >= 0.6 is 0 Å². The third kappa shape index (κ3) is 5.96. The monoisotopic (exact) mass is 121 g/mol. The summed E-state index contributed by atoms with van der Waals surface area (Å²) in [6.07, 6.45) is 0. The Morgan fingerprint density at radius 3 is 1.57 bits per heavy atom. The zero-order valence-corrected chi connectivity index (χ0v) is 5.70. The number of hydrogen-bond acceptors (Lipinski definition) is 0. The molecule has 0 saturated heterocycles. The second-order valence-electron chi connectivity index (χ2n) is 1.30. The highest BCUT2D eigenvalue weighted by atomic mass is 35.5. The van der Waals surface area contributed by atoms with Gasteiger partial charge < -0.3 is 12.4 Å². The fourth-order valence-electron chi connectivity index (χ4n) is 0.224. The smallest absolute Gasteiger partial charge is 0.139 e. The molecule has 0 saturated carbocycles. The Kier molecular flexibility index (Phi) is 8.56. The third-order valence-corrected chi connectivity index (χ3v) is 0.894.